The predicted molar refractivity (Wildman–Crippen MR) is 77.3 cm³/mol. The lowest BCUT2D eigenvalue weighted by molar-refractivity contribution is 0.0687. The van der Waals surface area contributed by atoms with Crippen LogP contribution in [-0.4, -0.2) is 35.9 Å². The zero-order valence-corrected chi connectivity index (χ0v) is 11.9. The molecule has 0 spiro atoms. The number of anilines is 1. The highest BCUT2D eigenvalue weighted by Crippen LogP contribution is 2.24. The Balaban J connectivity index is 2.01. The molecule has 2 heterocycles. The summed E-state index contributed by atoms with van der Waals surface area (Å²) in [4.78, 5) is 18.5. The Labute approximate surface area is 115 Å². The largest absolute Gasteiger partial charge is 0.387 e. The number of amides is 1. The molecule has 104 valence electrons. The summed E-state index contributed by atoms with van der Waals surface area (Å²) in [6.45, 7) is 3.98. The highest BCUT2D eigenvalue weighted by molar-refractivity contribution is 5.99. The average molecular weight is 261 g/mol. The maximum absolute atomic E-state index is 12.5. The molecule has 4 nitrogen and oxygen atoms in total. The Morgan fingerprint density at radius 3 is 2.84 bits per heavy atom. The molecule has 0 unspecified atom stereocenters. The maximum Gasteiger partial charge on any atom is 0.257 e. The van der Waals surface area contributed by atoms with E-state index in [0.717, 1.165) is 37.5 Å². The van der Waals surface area contributed by atoms with Crippen LogP contribution >= 0.6 is 0 Å². The summed E-state index contributed by atoms with van der Waals surface area (Å²) >= 11 is 0. The molecule has 1 aromatic heterocycles. The molecule has 0 atom stereocenters. The monoisotopic (exact) mass is 261 g/mol. The Bertz CT molecular complexity index is 425. The first-order chi connectivity index (χ1) is 9.26. The second-order valence-electron chi connectivity index (χ2n) is 5.20. The molecule has 0 saturated carbocycles. The van der Waals surface area contributed by atoms with Crippen molar-refractivity contribution in [2.24, 2.45) is 5.92 Å². The number of aromatic nitrogens is 1. The Kier molecular flexibility index (Phi) is 4.77. The second-order valence-corrected chi connectivity index (χ2v) is 5.20. The number of nitrogens with zero attached hydrogens (tertiary/aromatic N) is 2. The third kappa shape index (κ3) is 3.25. The van der Waals surface area contributed by atoms with Crippen molar-refractivity contribution in [1.29, 1.82) is 0 Å². The molecule has 1 saturated heterocycles. The van der Waals surface area contributed by atoms with Crippen LogP contribution in [0.3, 0.4) is 0 Å². The van der Waals surface area contributed by atoms with Crippen LogP contribution in [0.15, 0.2) is 18.5 Å². The van der Waals surface area contributed by atoms with Crippen molar-refractivity contribution < 1.29 is 4.79 Å². The third-order valence-corrected chi connectivity index (χ3v) is 3.92. The molecule has 0 radical (unpaired) electrons. The lowest BCUT2D eigenvalue weighted by Crippen LogP contribution is -2.38. The predicted octanol–water partition coefficient (Wildman–Crippen LogP) is 2.78. The van der Waals surface area contributed by atoms with Gasteiger partial charge in [-0.1, -0.05) is 19.8 Å². The summed E-state index contributed by atoms with van der Waals surface area (Å²) < 4.78 is 0. The summed E-state index contributed by atoms with van der Waals surface area (Å²) in [6.07, 6.45) is 8.16. The van der Waals surface area contributed by atoms with Crippen molar-refractivity contribution in [3.8, 4) is 0 Å². The van der Waals surface area contributed by atoms with Crippen molar-refractivity contribution in [2.75, 3.05) is 25.5 Å². The van der Waals surface area contributed by atoms with E-state index in [0.29, 0.717) is 5.56 Å². The number of carbonyl (C=O) groups is 1. The van der Waals surface area contributed by atoms with E-state index in [-0.39, 0.29) is 5.91 Å². The van der Waals surface area contributed by atoms with Gasteiger partial charge in [-0.2, -0.15) is 0 Å². The maximum atomic E-state index is 12.5. The Morgan fingerprint density at radius 2 is 2.21 bits per heavy atom. The number of likely N-dealkylation sites (tertiary alicyclic amines) is 1. The van der Waals surface area contributed by atoms with Crippen LogP contribution in [0.2, 0.25) is 0 Å². The first-order valence-electron chi connectivity index (χ1n) is 7.17. The number of hydrogen-bond acceptors (Lipinski definition) is 3. The van der Waals surface area contributed by atoms with Crippen LogP contribution in [0, 0.1) is 5.92 Å². The zero-order chi connectivity index (χ0) is 13.7. The second kappa shape index (κ2) is 6.55. The van der Waals surface area contributed by atoms with Gasteiger partial charge in [0.1, 0.15) is 0 Å². The van der Waals surface area contributed by atoms with Crippen LogP contribution in [0.25, 0.3) is 0 Å². The molecule has 0 aromatic carbocycles. The average Bonchev–Trinajstić information content (AvgIpc) is 2.47. The molecule has 1 aromatic rings. The van der Waals surface area contributed by atoms with E-state index in [9.17, 15) is 4.79 Å². The first-order valence-corrected chi connectivity index (χ1v) is 7.17. The lowest BCUT2D eigenvalue weighted by atomic mass is 9.92. The number of hydrogen-bond donors (Lipinski definition) is 1. The highest BCUT2D eigenvalue weighted by atomic mass is 16.2. The van der Waals surface area contributed by atoms with Gasteiger partial charge in [0.05, 0.1) is 5.56 Å². The summed E-state index contributed by atoms with van der Waals surface area (Å²) in [5.74, 6) is 0.902. The minimum atomic E-state index is 0.104. The van der Waals surface area contributed by atoms with Crippen LogP contribution in [0.4, 0.5) is 5.69 Å². The number of carbonyl (C=O) groups excluding carboxylic acids is 1. The SMILES string of the molecule is CCCC1CCN(C(=O)c2cnccc2NC)CC1. The minimum Gasteiger partial charge on any atom is -0.387 e. The van der Waals surface area contributed by atoms with Crippen LogP contribution < -0.4 is 5.32 Å². The fourth-order valence-electron chi connectivity index (χ4n) is 2.79. The van der Waals surface area contributed by atoms with Crippen molar-refractivity contribution in [2.45, 2.75) is 32.6 Å². The topological polar surface area (TPSA) is 45.2 Å². The molecule has 1 amide bonds. The Hall–Kier alpha value is -1.58. The van der Waals surface area contributed by atoms with E-state index in [2.05, 4.69) is 17.2 Å². The van der Waals surface area contributed by atoms with Crippen molar-refractivity contribution in [3.05, 3.63) is 24.0 Å². The first kappa shape index (κ1) is 13.8. The zero-order valence-electron chi connectivity index (χ0n) is 11.9. The van der Waals surface area contributed by atoms with Crippen molar-refractivity contribution >= 4 is 11.6 Å². The quantitative estimate of drug-likeness (QED) is 0.906. The van der Waals surface area contributed by atoms with E-state index in [4.69, 9.17) is 0 Å². The van der Waals surface area contributed by atoms with Gasteiger partial charge in [0.15, 0.2) is 0 Å². The summed E-state index contributed by atoms with van der Waals surface area (Å²) in [6, 6.07) is 1.84. The fraction of sp³-hybridized carbons (Fsp3) is 0.600. The normalized spacial score (nSPS) is 16.4. The van der Waals surface area contributed by atoms with Gasteiger partial charge in [0.2, 0.25) is 0 Å². The van der Waals surface area contributed by atoms with Gasteiger partial charge in [-0.25, -0.2) is 0 Å². The standard InChI is InChI=1S/C15H23N3O/c1-3-4-12-6-9-18(10-7-12)15(19)13-11-17-8-5-14(13)16-2/h5,8,11-12H,3-4,6-7,9-10H2,1-2H3,(H,16,17). The minimum absolute atomic E-state index is 0.104. The van der Waals surface area contributed by atoms with E-state index in [1.807, 2.05) is 18.0 Å². The molecule has 1 N–H and O–H groups in total. The van der Waals surface area contributed by atoms with E-state index < -0.39 is 0 Å². The summed E-state index contributed by atoms with van der Waals surface area (Å²) in [7, 11) is 1.83. The lowest BCUT2D eigenvalue weighted by Gasteiger charge is -2.32. The van der Waals surface area contributed by atoms with Gasteiger partial charge >= 0.3 is 0 Å². The Morgan fingerprint density at radius 1 is 1.47 bits per heavy atom. The van der Waals surface area contributed by atoms with E-state index in [1.54, 1.807) is 12.4 Å². The fourth-order valence-corrected chi connectivity index (χ4v) is 2.79. The molecule has 1 aliphatic rings. The van der Waals surface area contributed by atoms with Crippen LogP contribution in [0.1, 0.15) is 43.0 Å². The number of rotatable bonds is 4. The molecule has 1 aliphatic heterocycles. The molecular weight excluding hydrogens is 238 g/mol. The van der Waals surface area contributed by atoms with Gasteiger partial charge in [-0.15, -0.1) is 0 Å². The number of nitrogens with one attached hydrogen (secondary N) is 1. The summed E-state index contributed by atoms with van der Waals surface area (Å²) in [5.41, 5.74) is 1.54. The number of piperidine rings is 1. The van der Waals surface area contributed by atoms with Gasteiger partial charge in [-0.05, 0) is 24.8 Å². The molecule has 0 bridgehead atoms. The van der Waals surface area contributed by atoms with Gasteiger partial charge in [0, 0.05) is 38.2 Å². The highest BCUT2D eigenvalue weighted by Gasteiger charge is 2.24. The van der Waals surface area contributed by atoms with Crippen LogP contribution in [-0.2, 0) is 0 Å². The van der Waals surface area contributed by atoms with Crippen LogP contribution in [0.5, 0.6) is 0 Å². The van der Waals surface area contributed by atoms with Gasteiger partial charge < -0.3 is 10.2 Å². The van der Waals surface area contributed by atoms with E-state index >= 15 is 0 Å². The molecular formula is C15H23N3O. The summed E-state index contributed by atoms with van der Waals surface area (Å²) in [5, 5.41) is 3.06. The van der Waals surface area contributed by atoms with Crippen molar-refractivity contribution in [1.82, 2.24) is 9.88 Å². The molecule has 19 heavy (non-hydrogen) atoms. The van der Waals surface area contributed by atoms with Gasteiger partial charge in [0.25, 0.3) is 5.91 Å². The molecule has 2 rings (SSSR count). The van der Waals surface area contributed by atoms with Gasteiger partial charge in [-0.3, -0.25) is 9.78 Å². The molecule has 1 fully saturated rings. The smallest absolute Gasteiger partial charge is 0.257 e. The van der Waals surface area contributed by atoms with E-state index in [1.165, 1.54) is 12.8 Å². The van der Waals surface area contributed by atoms with Crippen molar-refractivity contribution in [3.63, 3.8) is 0 Å². The molecule has 0 aliphatic carbocycles. The third-order valence-electron chi connectivity index (χ3n) is 3.92. The molecule has 4 heteroatoms. The number of pyridine rings is 1.